The first-order valence-corrected chi connectivity index (χ1v) is 11.3. The Morgan fingerprint density at radius 1 is 1.03 bits per heavy atom. The lowest BCUT2D eigenvalue weighted by Gasteiger charge is -2.45. The average Bonchev–Trinajstić information content (AvgIpc) is 2.82. The van der Waals surface area contributed by atoms with E-state index in [1.165, 1.54) is 6.92 Å². The van der Waals surface area contributed by atoms with Crippen molar-refractivity contribution in [2.45, 2.75) is 51.2 Å². The highest BCUT2D eigenvalue weighted by Crippen LogP contribution is 2.39. The number of hydrogen-bond acceptors (Lipinski definition) is 4. The highest BCUT2D eigenvalue weighted by atomic mass is 19.4. The van der Waals surface area contributed by atoms with Crippen molar-refractivity contribution in [1.29, 1.82) is 0 Å². The smallest absolute Gasteiger partial charge is 0.416 e. The highest BCUT2D eigenvalue weighted by Gasteiger charge is 2.39. The first-order valence-electron chi connectivity index (χ1n) is 11.3. The molecule has 1 aliphatic rings. The summed E-state index contributed by atoms with van der Waals surface area (Å²) in [6.07, 6.45) is -8.86. The molecule has 10 heteroatoms. The predicted molar refractivity (Wildman–Crippen MR) is 122 cm³/mol. The number of hydrogen-bond donors (Lipinski definition) is 0. The van der Waals surface area contributed by atoms with Crippen molar-refractivity contribution in [1.82, 2.24) is 0 Å². The van der Waals surface area contributed by atoms with Crippen molar-refractivity contribution < 1.29 is 40.6 Å². The van der Waals surface area contributed by atoms with E-state index in [0.717, 1.165) is 5.69 Å². The fourth-order valence-corrected chi connectivity index (χ4v) is 4.01. The van der Waals surface area contributed by atoms with Gasteiger partial charge < -0.3 is 14.4 Å². The van der Waals surface area contributed by atoms with Crippen LogP contribution in [0.1, 0.15) is 50.0 Å². The lowest BCUT2D eigenvalue weighted by Crippen LogP contribution is -2.53. The zero-order valence-corrected chi connectivity index (χ0v) is 20.0. The summed E-state index contributed by atoms with van der Waals surface area (Å²) < 4.78 is 90.6. The summed E-state index contributed by atoms with van der Waals surface area (Å²) in [6, 6.07) is 10.6. The molecular formula is C26H27F6NO3. The van der Waals surface area contributed by atoms with Crippen molar-refractivity contribution in [3.63, 3.8) is 0 Å². The Morgan fingerprint density at radius 2 is 1.61 bits per heavy atom. The number of esters is 1. The van der Waals surface area contributed by atoms with Gasteiger partial charge in [-0.3, -0.25) is 0 Å². The molecule has 0 spiro atoms. The Kier molecular flexibility index (Phi) is 8.07. The van der Waals surface area contributed by atoms with Gasteiger partial charge in [0.25, 0.3) is 0 Å². The number of alkyl halides is 6. The summed E-state index contributed by atoms with van der Waals surface area (Å²) in [5.74, 6) is -0.446. The predicted octanol–water partition coefficient (Wildman–Crippen LogP) is 6.96. The molecule has 196 valence electrons. The van der Waals surface area contributed by atoms with E-state index in [9.17, 15) is 31.1 Å². The molecule has 2 aromatic carbocycles. The number of ether oxygens (including phenoxy) is 2. The number of para-hydroxylation sites is 1. The van der Waals surface area contributed by atoms with Gasteiger partial charge in [0, 0.05) is 5.69 Å². The molecule has 3 rings (SSSR count). The Hall–Kier alpha value is -3.01. The summed E-state index contributed by atoms with van der Waals surface area (Å²) in [7, 11) is 0. The van der Waals surface area contributed by atoms with Crippen LogP contribution in [-0.2, 0) is 26.6 Å². The molecule has 1 aliphatic heterocycles. The van der Waals surface area contributed by atoms with Gasteiger partial charge in [-0.15, -0.1) is 0 Å². The molecule has 1 heterocycles. The van der Waals surface area contributed by atoms with Gasteiger partial charge in [0.2, 0.25) is 0 Å². The van der Waals surface area contributed by atoms with Gasteiger partial charge in [0.1, 0.15) is 0 Å². The third kappa shape index (κ3) is 6.40. The molecule has 2 atom stereocenters. The molecule has 0 aliphatic carbocycles. The number of rotatable bonds is 7. The second kappa shape index (κ2) is 10.5. The summed E-state index contributed by atoms with van der Waals surface area (Å²) in [5.41, 5.74) is -2.51. The Balaban J connectivity index is 1.88. The van der Waals surface area contributed by atoms with Crippen LogP contribution in [0, 0.1) is 0 Å². The zero-order chi connectivity index (χ0) is 26.7. The van der Waals surface area contributed by atoms with Crippen LogP contribution in [0.5, 0.6) is 0 Å². The molecule has 1 unspecified atom stereocenters. The Bertz CT molecular complexity index is 1060. The minimum Gasteiger partial charge on any atom is -0.463 e. The molecule has 0 saturated heterocycles. The molecule has 0 N–H and O–H groups in total. The standard InChI is InChI=1S/C26H27F6NO3/c1-4-35-23(34)18-10-11-24(3,33(15-18)22-8-6-5-7-9-22)16-36-17(2)19-12-20(25(27,28)29)14-21(13-19)26(30,31)32/h5-10,12-14,17H,4,11,15-16H2,1-3H3/t17?,24-/m1/s1. The molecule has 4 nitrogen and oxygen atoms in total. The van der Waals surface area contributed by atoms with E-state index in [4.69, 9.17) is 9.47 Å². The fourth-order valence-electron chi connectivity index (χ4n) is 4.01. The van der Waals surface area contributed by atoms with Gasteiger partial charge in [-0.05, 0) is 63.1 Å². The van der Waals surface area contributed by atoms with E-state index in [2.05, 4.69) is 0 Å². The van der Waals surface area contributed by atoms with Crippen molar-refractivity contribution >= 4 is 11.7 Å². The maximum atomic E-state index is 13.3. The van der Waals surface area contributed by atoms with E-state index in [-0.39, 0.29) is 31.4 Å². The van der Waals surface area contributed by atoms with Crippen molar-refractivity contribution in [2.75, 3.05) is 24.7 Å². The third-order valence-corrected chi connectivity index (χ3v) is 6.10. The summed E-state index contributed by atoms with van der Waals surface area (Å²) in [4.78, 5) is 14.3. The van der Waals surface area contributed by atoms with Gasteiger partial charge in [-0.1, -0.05) is 24.3 Å². The van der Waals surface area contributed by atoms with E-state index in [1.54, 1.807) is 13.0 Å². The molecule has 0 radical (unpaired) electrons. The van der Waals surface area contributed by atoms with Crippen LogP contribution < -0.4 is 4.90 Å². The summed E-state index contributed by atoms with van der Waals surface area (Å²) in [6.45, 7) is 5.38. The van der Waals surface area contributed by atoms with E-state index >= 15 is 0 Å². The molecule has 0 bridgehead atoms. The first kappa shape index (κ1) is 27.6. The Labute approximate surface area is 205 Å². The minimum atomic E-state index is -4.94. The maximum absolute atomic E-state index is 13.3. The lowest BCUT2D eigenvalue weighted by atomic mass is 9.89. The molecule has 2 aromatic rings. The largest absolute Gasteiger partial charge is 0.463 e. The average molecular weight is 515 g/mol. The quantitative estimate of drug-likeness (QED) is 0.295. The zero-order valence-electron chi connectivity index (χ0n) is 20.0. The maximum Gasteiger partial charge on any atom is 0.416 e. The van der Waals surface area contributed by atoms with Crippen molar-refractivity contribution in [3.05, 3.63) is 76.9 Å². The minimum absolute atomic E-state index is 0.0206. The number of carbonyl (C=O) groups excluding carboxylic acids is 1. The molecule has 36 heavy (non-hydrogen) atoms. The second-order valence-electron chi connectivity index (χ2n) is 8.87. The fraction of sp³-hybridized carbons (Fsp3) is 0.423. The third-order valence-electron chi connectivity index (χ3n) is 6.10. The number of anilines is 1. The van der Waals surface area contributed by atoms with Gasteiger partial charge in [-0.2, -0.15) is 26.3 Å². The topological polar surface area (TPSA) is 38.8 Å². The first-order chi connectivity index (χ1) is 16.7. The second-order valence-corrected chi connectivity index (χ2v) is 8.87. The van der Waals surface area contributed by atoms with Crippen LogP contribution in [0.2, 0.25) is 0 Å². The van der Waals surface area contributed by atoms with Crippen molar-refractivity contribution in [2.24, 2.45) is 0 Å². The summed E-state index contributed by atoms with van der Waals surface area (Å²) in [5, 5.41) is 0. The normalized spacial score (nSPS) is 19.6. The summed E-state index contributed by atoms with van der Waals surface area (Å²) >= 11 is 0. The Morgan fingerprint density at radius 3 is 2.14 bits per heavy atom. The number of halogens is 6. The van der Waals surface area contributed by atoms with Crippen LogP contribution in [0.15, 0.2) is 60.2 Å². The van der Waals surface area contributed by atoms with Crippen LogP contribution in [-0.4, -0.2) is 31.3 Å². The van der Waals surface area contributed by atoms with Crippen LogP contribution in [0.25, 0.3) is 0 Å². The molecule has 0 amide bonds. The van der Waals surface area contributed by atoms with Gasteiger partial charge in [0.05, 0.1) is 48.1 Å². The molecule has 0 fully saturated rings. The van der Waals surface area contributed by atoms with Gasteiger partial charge >= 0.3 is 18.3 Å². The number of nitrogens with zero attached hydrogens (tertiary/aromatic N) is 1. The van der Waals surface area contributed by atoms with Gasteiger partial charge in [-0.25, -0.2) is 4.79 Å². The molecule has 0 saturated carbocycles. The van der Waals surface area contributed by atoms with Crippen LogP contribution in [0.3, 0.4) is 0 Å². The molecular weight excluding hydrogens is 488 g/mol. The monoisotopic (exact) mass is 515 g/mol. The van der Waals surface area contributed by atoms with Crippen LogP contribution >= 0.6 is 0 Å². The van der Waals surface area contributed by atoms with E-state index in [0.29, 0.717) is 24.1 Å². The van der Waals surface area contributed by atoms with Gasteiger partial charge in [0.15, 0.2) is 0 Å². The number of benzene rings is 2. The highest BCUT2D eigenvalue weighted by molar-refractivity contribution is 5.90. The molecule has 0 aromatic heterocycles. The SMILES string of the molecule is CCOC(=O)C1=CC[C@](C)(COC(C)c2cc(C(F)(F)F)cc(C(F)(F)F)c2)N(c2ccccc2)C1. The lowest BCUT2D eigenvalue weighted by molar-refractivity contribution is -0.143. The number of carbonyl (C=O) groups is 1. The van der Waals surface area contributed by atoms with Crippen LogP contribution in [0.4, 0.5) is 32.0 Å². The van der Waals surface area contributed by atoms with E-state index in [1.807, 2.05) is 42.2 Å². The van der Waals surface area contributed by atoms with E-state index < -0.39 is 41.1 Å². The van der Waals surface area contributed by atoms with Crippen molar-refractivity contribution in [3.8, 4) is 0 Å².